The molecule has 0 fully saturated rings. The maximum absolute atomic E-state index is 12.2. The third-order valence-corrected chi connectivity index (χ3v) is 2.97. The van der Waals surface area contributed by atoms with E-state index in [1.165, 1.54) is 22.9 Å². The first-order valence-corrected chi connectivity index (χ1v) is 5.57. The standard InChI is InChI=1S/C12H8N4O3/c17-12-11(14-10-7-13-5-6-15(10)12)8-1-3-9(4-2-8)16(18)19/h1-7,11H/p+1. The quantitative estimate of drug-likeness (QED) is 0.494. The van der Waals surface area contributed by atoms with Crippen LogP contribution in [0, 0.1) is 10.1 Å². The number of hydrogen-bond donors (Lipinski definition) is 1. The molecule has 0 saturated carbocycles. The predicted octanol–water partition coefficient (Wildman–Crippen LogP) is 1.08. The number of fused-ring (bicyclic) bond motifs is 1. The number of nitrogens with zero attached hydrogens (tertiary/aromatic N) is 3. The highest BCUT2D eigenvalue weighted by Gasteiger charge is 2.39. The molecule has 7 nitrogen and oxygen atoms in total. The third kappa shape index (κ3) is 1.81. The minimum Gasteiger partial charge on any atom is -0.258 e. The zero-order chi connectivity index (χ0) is 13.4. The van der Waals surface area contributed by atoms with Crippen molar-refractivity contribution >= 4 is 17.4 Å². The monoisotopic (exact) mass is 257 g/mol. The number of aromatic nitrogens is 2. The normalized spacial score (nSPS) is 16.8. The lowest BCUT2D eigenvalue weighted by Gasteiger charge is -2.02. The summed E-state index contributed by atoms with van der Waals surface area (Å²) in [7, 11) is 0. The fourth-order valence-electron chi connectivity index (χ4n) is 2.02. The van der Waals surface area contributed by atoms with E-state index >= 15 is 0 Å². The van der Waals surface area contributed by atoms with Gasteiger partial charge in [-0.2, -0.15) is 4.57 Å². The minimum atomic E-state index is -0.537. The van der Waals surface area contributed by atoms with E-state index in [4.69, 9.17) is 0 Å². The molecule has 7 heteroatoms. The number of rotatable bonds is 2. The summed E-state index contributed by atoms with van der Waals surface area (Å²) in [5, 5.41) is 13.6. The van der Waals surface area contributed by atoms with E-state index in [0.717, 1.165) is 0 Å². The molecule has 1 unspecified atom stereocenters. The van der Waals surface area contributed by atoms with Crippen molar-refractivity contribution in [3.8, 4) is 0 Å². The molecule has 0 radical (unpaired) electrons. The van der Waals surface area contributed by atoms with E-state index in [1.54, 1.807) is 24.5 Å². The summed E-state index contributed by atoms with van der Waals surface area (Å²) in [6.45, 7) is 0. The molecule has 1 aromatic heterocycles. The van der Waals surface area contributed by atoms with Crippen LogP contribution < -0.4 is 9.88 Å². The Hall–Kier alpha value is -2.83. The van der Waals surface area contributed by atoms with E-state index in [0.29, 0.717) is 11.4 Å². The number of carbonyl (C=O) groups is 1. The number of nitro groups is 1. The number of nitrogens with one attached hydrogen (secondary N) is 1. The lowest BCUT2D eigenvalue weighted by molar-refractivity contribution is -0.553. The topological polar surface area (TPSA) is 89.0 Å². The number of carbonyl (C=O) groups excluding carboxylic acids is 1. The van der Waals surface area contributed by atoms with Gasteiger partial charge in [0.1, 0.15) is 12.4 Å². The molecular formula is C12H9N4O3+. The average molecular weight is 257 g/mol. The minimum absolute atomic E-state index is 0.000954. The second-order valence-electron chi connectivity index (χ2n) is 4.10. The summed E-state index contributed by atoms with van der Waals surface area (Å²) in [5.74, 6) is 0.474. The molecule has 1 aliphatic heterocycles. The second kappa shape index (κ2) is 4.13. The molecule has 0 bridgehead atoms. The fraction of sp³-hybridized carbons (Fsp3) is 0.0833. The Bertz CT molecular complexity index is 669. The molecule has 94 valence electrons. The molecule has 3 rings (SSSR count). The van der Waals surface area contributed by atoms with Gasteiger partial charge in [0, 0.05) is 17.7 Å². The van der Waals surface area contributed by atoms with Crippen molar-refractivity contribution in [2.75, 3.05) is 5.32 Å². The maximum Gasteiger partial charge on any atom is 0.363 e. The van der Waals surface area contributed by atoms with Gasteiger partial charge in [0.25, 0.3) is 5.69 Å². The van der Waals surface area contributed by atoms with Crippen molar-refractivity contribution in [1.82, 2.24) is 4.98 Å². The van der Waals surface area contributed by atoms with Gasteiger partial charge in [-0.25, -0.2) is 4.79 Å². The second-order valence-corrected chi connectivity index (χ2v) is 4.10. The molecule has 2 heterocycles. The van der Waals surface area contributed by atoms with Crippen molar-refractivity contribution in [2.24, 2.45) is 0 Å². The number of anilines is 1. The van der Waals surface area contributed by atoms with Crippen LogP contribution in [0.4, 0.5) is 11.5 Å². The molecule has 0 amide bonds. The first kappa shape index (κ1) is 11.3. The molecule has 1 aromatic carbocycles. The molecule has 19 heavy (non-hydrogen) atoms. The molecule has 0 aliphatic carbocycles. The molecular weight excluding hydrogens is 248 g/mol. The van der Waals surface area contributed by atoms with Crippen LogP contribution in [0.25, 0.3) is 0 Å². The smallest absolute Gasteiger partial charge is 0.258 e. The first-order chi connectivity index (χ1) is 9.16. The Morgan fingerprint density at radius 3 is 2.68 bits per heavy atom. The number of nitro benzene ring substituents is 1. The fourth-order valence-corrected chi connectivity index (χ4v) is 2.02. The molecule has 1 aliphatic rings. The van der Waals surface area contributed by atoms with Crippen molar-refractivity contribution in [2.45, 2.75) is 6.04 Å². The van der Waals surface area contributed by atoms with Crippen LogP contribution in [-0.4, -0.2) is 15.8 Å². The number of non-ortho nitro benzene ring substituents is 1. The number of hydrogen-bond acceptors (Lipinski definition) is 5. The lowest BCUT2D eigenvalue weighted by atomic mass is 10.1. The summed E-state index contributed by atoms with van der Waals surface area (Å²) in [6.07, 6.45) is 4.67. The van der Waals surface area contributed by atoms with E-state index in [1.807, 2.05) is 0 Å². The van der Waals surface area contributed by atoms with Gasteiger partial charge < -0.3 is 0 Å². The SMILES string of the molecule is O=C1C(c2ccc([N+](=O)[O-])cc2)Nc2cncc[n+]21. The average Bonchev–Trinajstić information content (AvgIpc) is 2.77. The maximum atomic E-state index is 12.2. The highest BCUT2D eigenvalue weighted by molar-refractivity contribution is 5.82. The molecule has 1 N–H and O–H groups in total. The van der Waals surface area contributed by atoms with Crippen molar-refractivity contribution in [3.63, 3.8) is 0 Å². The van der Waals surface area contributed by atoms with Gasteiger partial charge in [-0.1, -0.05) is 0 Å². The van der Waals surface area contributed by atoms with Crippen LogP contribution in [0.2, 0.25) is 0 Å². The molecule has 0 spiro atoms. The summed E-state index contributed by atoms with van der Waals surface area (Å²) >= 11 is 0. The van der Waals surface area contributed by atoms with E-state index in [9.17, 15) is 14.9 Å². The third-order valence-electron chi connectivity index (χ3n) is 2.97. The zero-order valence-electron chi connectivity index (χ0n) is 9.69. The van der Waals surface area contributed by atoms with Crippen molar-refractivity contribution in [1.29, 1.82) is 0 Å². The van der Waals surface area contributed by atoms with E-state index in [-0.39, 0.29) is 11.6 Å². The van der Waals surface area contributed by atoms with Crippen LogP contribution in [0.5, 0.6) is 0 Å². The van der Waals surface area contributed by atoms with Gasteiger partial charge in [0.05, 0.1) is 11.1 Å². The van der Waals surface area contributed by atoms with Gasteiger partial charge in [-0.15, -0.1) is 0 Å². The Morgan fingerprint density at radius 1 is 1.32 bits per heavy atom. The van der Waals surface area contributed by atoms with Gasteiger partial charge in [-0.05, 0) is 12.1 Å². The highest BCUT2D eigenvalue weighted by Crippen LogP contribution is 2.24. The van der Waals surface area contributed by atoms with E-state index in [2.05, 4.69) is 10.3 Å². The van der Waals surface area contributed by atoms with Crippen LogP contribution >= 0.6 is 0 Å². The van der Waals surface area contributed by atoms with Gasteiger partial charge in [-0.3, -0.25) is 20.4 Å². The van der Waals surface area contributed by atoms with E-state index < -0.39 is 11.0 Å². The van der Waals surface area contributed by atoms with Crippen molar-refractivity contribution < 1.29 is 14.3 Å². The summed E-state index contributed by atoms with van der Waals surface area (Å²) in [4.78, 5) is 26.2. The Morgan fingerprint density at radius 2 is 2.05 bits per heavy atom. The summed E-state index contributed by atoms with van der Waals surface area (Å²) in [5.41, 5.74) is 0.681. The molecule has 2 aromatic rings. The zero-order valence-corrected chi connectivity index (χ0v) is 9.69. The Labute approximate surface area is 107 Å². The predicted molar refractivity (Wildman–Crippen MR) is 64.5 cm³/mol. The van der Waals surface area contributed by atoms with Crippen LogP contribution in [0.15, 0.2) is 42.9 Å². The number of benzene rings is 1. The highest BCUT2D eigenvalue weighted by atomic mass is 16.6. The summed E-state index contributed by atoms with van der Waals surface area (Å²) in [6, 6.07) is 5.39. The van der Waals surface area contributed by atoms with Gasteiger partial charge in [0.15, 0.2) is 0 Å². The van der Waals surface area contributed by atoms with Crippen molar-refractivity contribution in [3.05, 3.63) is 58.5 Å². The van der Waals surface area contributed by atoms with Gasteiger partial charge in [0.2, 0.25) is 6.04 Å². The Kier molecular flexibility index (Phi) is 2.45. The molecule has 1 atom stereocenters. The van der Waals surface area contributed by atoms with Crippen LogP contribution in [0.3, 0.4) is 0 Å². The first-order valence-electron chi connectivity index (χ1n) is 5.57. The van der Waals surface area contributed by atoms with Gasteiger partial charge >= 0.3 is 11.7 Å². The van der Waals surface area contributed by atoms with Crippen LogP contribution in [0.1, 0.15) is 16.4 Å². The lowest BCUT2D eigenvalue weighted by Crippen LogP contribution is -2.39. The Balaban J connectivity index is 1.93. The van der Waals surface area contributed by atoms with Crippen LogP contribution in [-0.2, 0) is 0 Å². The largest absolute Gasteiger partial charge is 0.363 e. The molecule has 0 saturated heterocycles. The summed E-state index contributed by atoms with van der Waals surface area (Å²) < 4.78 is 1.47.